The quantitative estimate of drug-likeness (QED) is 0.325. The molecule has 5 heteroatoms. The van der Waals surface area contributed by atoms with E-state index in [1.54, 1.807) is 24.3 Å². The van der Waals surface area contributed by atoms with Gasteiger partial charge in [0, 0.05) is 17.7 Å². The largest absolute Gasteiger partial charge is 0.409 e. The third-order valence-electron chi connectivity index (χ3n) is 3.76. The second-order valence-corrected chi connectivity index (χ2v) is 5.92. The van der Waals surface area contributed by atoms with E-state index >= 15 is 0 Å². The smallest absolute Gasteiger partial charge is 0.251 e. The lowest BCUT2D eigenvalue weighted by Crippen LogP contribution is -2.33. The van der Waals surface area contributed by atoms with Crippen LogP contribution in [0, 0.1) is 17.8 Å². The van der Waals surface area contributed by atoms with E-state index in [9.17, 15) is 4.79 Å². The van der Waals surface area contributed by atoms with Crippen molar-refractivity contribution in [3.63, 3.8) is 0 Å². The number of oxime groups is 1. The Balaban J connectivity index is 2.68. The van der Waals surface area contributed by atoms with Crippen molar-refractivity contribution in [1.29, 1.82) is 0 Å². The first-order valence-corrected chi connectivity index (χ1v) is 7.23. The maximum absolute atomic E-state index is 12.1. The van der Waals surface area contributed by atoms with Crippen LogP contribution in [0.2, 0.25) is 0 Å². The summed E-state index contributed by atoms with van der Waals surface area (Å²) in [6.07, 6.45) is 0. The number of rotatable bonds is 6. The predicted octanol–water partition coefficient (Wildman–Crippen LogP) is 2.44. The number of hydrogen-bond donors (Lipinski definition) is 3. The molecule has 0 aliphatic rings. The molecule has 0 atom stereocenters. The van der Waals surface area contributed by atoms with Crippen molar-refractivity contribution in [2.75, 3.05) is 6.54 Å². The molecule has 0 heterocycles. The maximum atomic E-state index is 12.1. The number of nitrogens with one attached hydrogen (secondary N) is 1. The van der Waals surface area contributed by atoms with E-state index in [0.717, 1.165) is 0 Å². The summed E-state index contributed by atoms with van der Waals surface area (Å²) in [4.78, 5) is 12.1. The number of carbonyl (C=O) groups is 1. The third-order valence-corrected chi connectivity index (χ3v) is 3.76. The summed E-state index contributed by atoms with van der Waals surface area (Å²) in [6, 6.07) is 6.66. The molecular formula is C16H25N3O2. The predicted molar refractivity (Wildman–Crippen MR) is 84.5 cm³/mol. The Morgan fingerprint density at radius 2 is 1.62 bits per heavy atom. The average Bonchev–Trinajstić information content (AvgIpc) is 2.45. The molecule has 0 aliphatic carbocycles. The van der Waals surface area contributed by atoms with Crippen molar-refractivity contribution in [3.05, 3.63) is 35.4 Å². The zero-order valence-corrected chi connectivity index (χ0v) is 13.1. The van der Waals surface area contributed by atoms with Gasteiger partial charge >= 0.3 is 0 Å². The molecule has 0 radical (unpaired) electrons. The Morgan fingerprint density at radius 3 is 2.05 bits per heavy atom. The molecule has 0 unspecified atom stereocenters. The zero-order valence-electron chi connectivity index (χ0n) is 13.1. The number of nitrogens with zero attached hydrogens (tertiary/aromatic N) is 1. The van der Waals surface area contributed by atoms with Crippen molar-refractivity contribution < 1.29 is 10.0 Å². The molecular weight excluding hydrogens is 266 g/mol. The highest BCUT2D eigenvalue weighted by molar-refractivity contribution is 5.99. The number of nitrogens with two attached hydrogens (primary N) is 1. The molecule has 0 spiro atoms. The zero-order chi connectivity index (χ0) is 16.0. The van der Waals surface area contributed by atoms with Gasteiger partial charge in [0.25, 0.3) is 5.91 Å². The highest BCUT2D eigenvalue weighted by Gasteiger charge is 2.18. The molecule has 0 aromatic heterocycles. The molecule has 1 aromatic rings. The summed E-state index contributed by atoms with van der Waals surface area (Å²) in [5, 5.41) is 14.5. The van der Waals surface area contributed by atoms with Gasteiger partial charge < -0.3 is 16.3 Å². The molecule has 0 bridgehead atoms. The number of carbonyl (C=O) groups excluding carboxylic acids is 1. The Bertz CT molecular complexity index is 485. The lowest BCUT2D eigenvalue weighted by atomic mass is 9.85. The second-order valence-electron chi connectivity index (χ2n) is 5.92. The summed E-state index contributed by atoms with van der Waals surface area (Å²) in [6.45, 7) is 9.34. The first kappa shape index (κ1) is 17.0. The maximum Gasteiger partial charge on any atom is 0.251 e. The molecule has 0 saturated heterocycles. The summed E-state index contributed by atoms with van der Waals surface area (Å²) in [5.74, 6) is 1.42. The minimum Gasteiger partial charge on any atom is -0.409 e. The van der Waals surface area contributed by atoms with E-state index in [1.165, 1.54) is 0 Å². The Hall–Kier alpha value is -2.04. The molecule has 5 nitrogen and oxygen atoms in total. The Kier molecular flexibility index (Phi) is 6.21. The van der Waals surface area contributed by atoms with E-state index in [0.29, 0.717) is 35.4 Å². The van der Waals surface area contributed by atoms with Gasteiger partial charge in [-0.3, -0.25) is 4.79 Å². The molecule has 1 rings (SSSR count). The van der Waals surface area contributed by atoms with Crippen molar-refractivity contribution >= 4 is 11.7 Å². The van der Waals surface area contributed by atoms with Crippen LogP contribution in [0.15, 0.2) is 29.4 Å². The van der Waals surface area contributed by atoms with Crippen molar-refractivity contribution in [2.45, 2.75) is 27.7 Å². The van der Waals surface area contributed by atoms with Gasteiger partial charge in [-0.1, -0.05) is 45.0 Å². The van der Waals surface area contributed by atoms with Crippen LogP contribution >= 0.6 is 0 Å². The standard InChI is InChI=1S/C16H25N3O2/c1-10(2)14(11(3)4)9-18-16(20)13-7-5-12(6-8-13)15(17)19-21/h5-8,10-11,14,21H,9H2,1-4H3,(H2,17,19)(H,18,20). The van der Waals surface area contributed by atoms with Crippen LogP contribution in [0.4, 0.5) is 0 Å². The lowest BCUT2D eigenvalue weighted by molar-refractivity contribution is 0.0937. The molecule has 0 aliphatic heterocycles. The fourth-order valence-corrected chi connectivity index (χ4v) is 2.40. The van der Waals surface area contributed by atoms with Gasteiger partial charge in [-0.25, -0.2) is 0 Å². The fourth-order valence-electron chi connectivity index (χ4n) is 2.40. The van der Waals surface area contributed by atoms with E-state index in [1.807, 2.05) is 0 Å². The minimum atomic E-state index is -0.104. The van der Waals surface area contributed by atoms with Gasteiger partial charge in [0.15, 0.2) is 5.84 Å². The molecule has 116 valence electrons. The van der Waals surface area contributed by atoms with Crippen LogP contribution in [0.5, 0.6) is 0 Å². The SMILES string of the molecule is CC(C)C(CNC(=O)c1ccc(/C(N)=N/O)cc1)C(C)C. The average molecular weight is 291 g/mol. The van der Waals surface area contributed by atoms with E-state index in [-0.39, 0.29) is 11.7 Å². The summed E-state index contributed by atoms with van der Waals surface area (Å²) >= 11 is 0. The summed E-state index contributed by atoms with van der Waals surface area (Å²) < 4.78 is 0. The first-order chi connectivity index (χ1) is 9.86. The van der Waals surface area contributed by atoms with E-state index < -0.39 is 0 Å². The first-order valence-electron chi connectivity index (χ1n) is 7.23. The molecule has 21 heavy (non-hydrogen) atoms. The van der Waals surface area contributed by atoms with E-state index in [2.05, 4.69) is 38.2 Å². The monoisotopic (exact) mass is 291 g/mol. The minimum absolute atomic E-state index is 0.0293. The van der Waals surface area contributed by atoms with Crippen molar-refractivity contribution in [2.24, 2.45) is 28.6 Å². The van der Waals surface area contributed by atoms with Gasteiger partial charge in [0.2, 0.25) is 0 Å². The molecule has 4 N–H and O–H groups in total. The number of amides is 1. The highest BCUT2D eigenvalue weighted by atomic mass is 16.4. The van der Waals surface area contributed by atoms with Crippen LogP contribution < -0.4 is 11.1 Å². The number of hydrogen-bond acceptors (Lipinski definition) is 3. The van der Waals surface area contributed by atoms with Crippen LogP contribution in [0.25, 0.3) is 0 Å². The second kappa shape index (κ2) is 7.67. The number of amidine groups is 1. The summed E-state index contributed by atoms with van der Waals surface area (Å²) in [5.41, 5.74) is 6.63. The topological polar surface area (TPSA) is 87.7 Å². The Labute approximate surface area is 126 Å². The van der Waals surface area contributed by atoms with Crippen molar-refractivity contribution in [3.8, 4) is 0 Å². The van der Waals surface area contributed by atoms with Crippen LogP contribution in [0.3, 0.4) is 0 Å². The molecule has 1 aromatic carbocycles. The van der Waals surface area contributed by atoms with Gasteiger partial charge in [-0.15, -0.1) is 0 Å². The molecule has 1 amide bonds. The summed E-state index contributed by atoms with van der Waals surface area (Å²) in [7, 11) is 0. The molecule has 0 saturated carbocycles. The van der Waals surface area contributed by atoms with Crippen LogP contribution in [0.1, 0.15) is 43.6 Å². The normalized spacial score (nSPS) is 12.2. The van der Waals surface area contributed by atoms with Gasteiger partial charge in [0.05, 0.1) is 0 Å². The number of benzene rings is 1. The van der Waals surface area contributed by atoms with Gasteiger partial charge in [-0.05, 0) is 29.9 Å². The van der Waals surface area contributed by atoms with Crippen LogP contribution in [-0.2, 0) is 0 Å². The van der Waals surface area contributed by atoms with Crippen molar-refractivity contribution in [1.82, 2.24) is 5.32 Å². The third kappa shape index (κ3) is 4.77. The highest BCUT2D eigenvalue weighted by Crippen LogP contribution is 2.19. The van der Waals surface area contributed by atoms with Crippen LogP contribution in [-0.4, -0.2) is 23.5 Å². The lowest BCUT2D eigenvalue weighted by Gasteiger charge is -2.25. The van der Waals surface area contributed by atoms with Gasteiger partial charge in [0.1, 0.15) is 0 Å². The fraction of sp³-hybridized carbons (Fsp3) is 0.500. The van der Waals surface area contributed by atoms with Gasteiger partial charge in [-0.2, -0.15) is 0 Å². The van der Waals surface area contributed by atoms with E-state index in [4.69, 9.17) is 10.9 Å². The Morgan fingerprint density at radius 1 is 1.14 bits per heavy atom. The molecule has 0 fully saturated rings.